The first-order chi connectivity index (χ1) is 15.9. The Kier molecular flexibility index (Phi) is 8.20. The van der Waals surface area contributed by atoms with Gasteiger partial charge in [0.15, 0.2) is 5.16 Å². The molecule has 3 aromatic rings. The molecule has 1 aromatic heterocycles. The SMILES string of the molecule is C=CCn1c(CC(=O)Nc2ccc(F)cc2)nnc1SCC(=O)Nc1cc(C)ccc1OC. The Morgan fingerprint density at radius 2 is 1.91 bits per heavy atom. The second kappa shape index (κ2) is 11.3. The van der Waals surface area contributed by atoms with E-state index in [1.165, 1.54) is 36.0 Å². The molecule has 0 bridgehead atoms. The third-order valence-electron chi connectivity index (χ3n) is 4.51. The van der Waals surface area contributed by atoms with Gasteiger partial charge >= 0.3 is 0 Å². The van der Waals surface area contributed by atoms with Gasteiger partial charge in [0.1, 0.15) is 17.4 Å². The molecule has 3 rings (SSSR count). The molecular formula is C23H24FN5O3S. The number of carbonyl (C=O) groups excluding carboxylic acids is 2. The van der Waals surface area contributed by atoms with Crippen LogP contribution < -0.4 is 15.4 Å². The zero-order chi connectivity index (χ0) is 23.8. The molecule has 2 aromatic carbocycles. The van der Waals surface area contributed by atoms with Gasteiger partial charge < -0.3 is 19.9 Å². The van der Waals surface area contributed by atoms with E-state index in [0.717, 1.165) is 5.56 Å². The number of methoxy groups -OCH3 is 1. The average Bonchev–Trinajstić information content (AvgIpc) is 3.15. The minimum Gasteiger partial charge on any atom is -0.495 e. The highest BCUT2D eigenvalue weighted by Gasteiger charge is 2.17. The molecule has 0 fully saturated rings. The number of hydrogen-bond donors (Lipinski definition) is 2. The normalized spacial score (nSPS) is 10.5. The molecule has 8 nitrogen and oxygen atoms in total. The van der Waals surface area contributed by atoms with Crippen LogP contribution in [0, 0.1) is 12.7 Å². The van der Waals surface area contributed by atoms with Crippen molar-refractivity contribution in [2.24, 2.45) is 0 Å². The number of carbonyl (C=O) groups is 2. The Hall–Kier alpha value is -3.66. The fourth-order valence-electron chi connectivity index (χ4n) is 2.99. The minimum absolute atomic E-state index is 0.0362. The quantitative estimate of drug-likeness (QED) is 0.346. The molecule has 10 heteroatoms. The summed E-state index contributed by atoms with van der Waals surface area (Å²) in [7, 11) is 1.54. The molecule has 172 valence electrons. The lowest BCUT2D eigenvalue weighted by molar-refractivity contribution is -0.116. The average molecular weight is 470 g/mol. The lowest BCUT2D eigenvalue weighted by atomic mass is 10.2. The molecule has 2 N–H and O–H groups in total. The van der Waals surface area contributed by atoms with Crippen molar-refractivity contribution in [2.75, 3.05) is 23.5 Å². The maximum atomic E-state index is 13.0. The summed E-state index contributed by atoms with van der Waals surface area (Å²) in [4.78, 5) is 24.9. The number of ether oxygens (including phenoxy) is 1. The first kappa shape index (κ1) is 24.0. The van der Waals surface area contributed by atoms with Crippen molar-refractivity contribution in [3.05, 3.63) is 72.3 Å². The van der Waals surface area contributed by atoms with E-state index in [9.17, 15) is 14.0 Å². The van der Waals surface area contributed by atoms with Gasteiger partial charge in [-0.2, -0.15) is 0 Å². The van der Waals surface area contributed by atoms with Crippen LogP contribution in [-0.2, 0) is 22.6 Å². The zero-order valence-electron chi connectivity index (χ0n) is 18.3. The Bertz CT molecular complexity index is 1150. The second-order valence-electron chi connectivity index (χ2n) is 7.07. The molecule has 0 aliphatic heterocycles. The number of benzene rings is 2. The first-order valence-corrected chi connectivity index (χ1v) is 11.0. The van der Waals surface area contributed by atoms with E-state index in [0.29, 0.717) is 34.6 Å². The summed E-state index contributed by atoms with van der Waals surface area (Å²) in [5.41, 5.74) is 2.07. The molecule has 33 heavy (non-hydrogen) atoms. The summed E-state index contributed by atoms with van der Waals surface area (Å²) < 4.78 is 20.1. The summed E-state index contributed by atoms with van der Waals surface area (Å²) in [5.74, 6) is 0.160. The summed E-state index contributed by atoms with van der Waals surface area (Å²) in [6.45, 7) is 6.04. The van der Waals surface area contributed by atoms with E-state index >= 15 is 0 Å². The topological polar surface area (TPSA) is 98.1 Å². The largest absolute Gasteiger partial charge is 0.495 e. The number of rotatable bonds is 10. The monoisotopic (exact) mass is 469 g/mol. The van der Waals surface area contributed by atoms with Crippen molar-refractivity contribution in [1.82, 2.24) is 14.8 Å². The molecule has 1 heterocycles. The van der Waals surface area contributed by atoms with Crippen molar-refractivity contribution in [3.8, 4) is 5.75 Å². The first-order valence-electron chi connectivity index (χ1n) is 10.0. The number of amides is 2. The number of allylic oxidation sites excluding steroid dienone is 1. The molecule has 0 radical (unpaired) electrons. The molecule has 0 spiro atoms. The molecule has 0 aliphatic carbocycles. The van der Waals surface area contributed by atoms with E-state index in [1.807, 2.05) is 19.1 Å². The van der Waals surface area contributed by atoms with E-state index in [2.05, 4.69) is 27.4 Å². The number of thioether (sulfide) groups is 1. The Labute approximate surface area is 195 Å². The van der Waals surface area contributed by atoms with Crippen LogP contribution >= 0.6 is 11.8 Å². The predicted octanol–water partition coefficient (Wildman–Crippen LogP) is 3.83. The molecule has 2 amide bonds. The fourth-order valence-corrected chi connectivity index (χ4v) is 3.75. The van der Waals surface area contributed by atoms with E-state index < -0.39 is 0 Å². The second-order valence-corrected chi connectivity index (χ2v) is 8.01. The van der Waals surface area contributed by atoms with Crippen LogP contribution in [0.2, 0.25) is 0 Å². The maximum Gasteiger partial charge on any atom is 0.234 e. The molecule has 0 saturated heterocycles. The number of aromatic nitrogens is 3. The molecule has 0 atom stereocenters. The molecule has 0 unspecified atom stereocenters. The van der Waals surface area contributed by atoms with Crippen LogP contribution in [0.3, 0.4) is 0 Å². The van der Waals surface area contributed by atoms with Gasteiger partial charge in [0.05, 0.1) is 25.0 Å². The number of aryl methyl sites for hydroxylation is 1. The van der Waals surface area contributed by atoms with Gasteiger partial charge in [-0.3, -0.25) is 9.59 Å². The van der Waals surface area contributed by atoms with Gasteiger partial charge in [-0.15, -0.1) is 16.8 Å². The van der Waals surface area contributed by atoms with Crippen molar-refractivity contribution in [1.29, 1.82) is 0 Å². The number of nitrogens with one attached hydrogen (secondary N) is 2. The van der Waals surface area contributed by atoms with Crippen molar-refractivity contribution in [3.63, 3.8) is 0 Å². The van der Waals surface area contributed by atoms with Gasteiger partial charge in [-0.25, -0.2) is 4.39 Å². The summed E-state index contributed by atoms with van der Waals surface area (Å²) in [5, 5.41) is 14.3. The minimum atomic E-state index is -0.384. The standard InChI is InChI=1S/C23H24FN5O3S/c1-4-11-29-20(13-21(30)25-17-8-6-16(24)7-9-17)27-28-23(29)33-14-22(31)26-18-12-15(2)5-10-19(18)32-3/h4-10,12H,1,11,13-14H2,2-3H3,(H,25,30)(H,26,31). The number of hydrogen-bond acceptors (Lipinski definition) is 6. The van der Waals surface area contributed by atoms with Crippen molar-refractivity contribution in [2.45, 2.75) is 25.0 Å². The highest BCUT2D eigenvalue weighted by molar-refractivity contribution is 7.99. The highest BCUT2D eigenvalue weighted by atomic mass is 32.2. The highest BCUT2D eigenvalue weighted by Crippen LogP contribution is 2.26. The fraction of sp³-hybridized carbons (Fsp3) is 0.217. The van der Waals surface area contributed by atoms with Crippen LogP contribution in [0.1, 0.15) is 11.4 Å². The third kappa shape index (κ3) is 6.66. The van der Waals surface area contributed by atoms with Gasteiger partial charge in [-0.1, -0.05) is 23.9 Å². The third-order valence-corrected chi connectivity index (χ3v) is 5.48. The zero-order valence-corrected chi connectivity index (χ0v) is 19.1. The molecule has 0 saturated carbocycles. The van der Waals surface area contributed by atoms with Gasteiger partial charge in [0.2, 0.25) is 11.8 Å². The van der Waals surface area contributed by atoms with Crippen LogP contribution in [-0.4, -0.2) is 39.4 Å². The summed E-state index contributed by atoms with van der Waals surface area (Å²) in [6, 6.07) is 11.0. The lowest BCUT2D eigenvalue weighted by Crippen LogP contribution is -2.18. The van der Waals surface area contributed by atoms with Gasteiger partial charge in [0.25, 0.3) is 0 Å². The van der Waals surface area contributed by atoms with Crippen molar-refractivity contribution < 1.29 is 18.7 Å². The Morgan fingerprint density at radius 3 is 2.61 bits per heavy atom. The summed E-state index contributed by atoms with van der Waals surface area (Å²) in [6.07, 6.45) is 1.62. The number of nitrogens with zero attached hydrogens (tertiary/aromatic N) is 3. The van der Waals surface area contributed by atoms with Crippen molar-refractivity contribution >= 4 is 35.0 Å². The van der Waals surface area contributed by atoms with Crippen LogP contribution in [0.5, 0.6) is 5.75 Å². The number of anilines is 2. The maximum absolute atomic E-state index is 13.0. The van der Waals surface area contributed by atoms with Crippen LogP contribution in [0.15, 0.2) is 60.3 Å². The lowest BCUT2D eigenvalue weighted by Gasteiger charge is -2.11. The number of halogens is 1. The van der Waals surface area contributed by atoms with Gasteiger partial charge in [-0.05, 0) is 48.9 Å². The Balaban J connectivity index is 1.63. The molecule has 0 aliphatic rings. The Morgan fingerprint density at radius 1 is 1.15 bits per heavy atom. The van der Waals surface area contributed by atoms with E-state index in [4.69, 9.17) is 4.74 Å². The van der Waals surface area contributed by atoms with Crippen LogP contribution in [0.4, 0.5) is 15.8 Å². The van der Waals surface area contributed by atoms with E-state index in [1.54, 1.807) is 23.8 Å². The van der Waals surface area contributed by atoms with E-state index in [-0.39, 0.29) is 29.8 Å². The molecular weight excluding hydrogens is 445 g/mol. The smallest absolute Gasteiger partial charge is 0.234 e. The van der Waals surface area contributed by atoms with Crippen LogP contribution in [0.25, 0.3) is 0 Å². The predicted molar refractivity (Wildman–Crippen MR) is 126 cm³/mol. The van der Waals surface area contributed by atoms with Gasteiger partial charge in [0, 0.05) is 12.2 Å². The summed E-state index contributed by atoms with van der Waals surface area (Å²) >= 11 is 1.20.